The van der Waals surface area contributed by atoms with Crippen LogP contribution in [0.5, 0.6) is 0 Å². The summed E-state index contributed by atoms with van der Waals surface area (Å²) in [4.78, 5) is 24.4. The molecular weight excluding hydrogens is 286 g/mol. The summed E-state index contributed by atoms with van der Waals surface area (Å²) in [5.74, 6) is -0.569. The third-order valence-electron chi connectivity index (χ3n) is 3.40. The zero-order valence-corrected chi connectivity index (χ0v) is 13.4. The first-order valence-corrected chi connectivity index (χ1v) is 7.50. The summed E-state index contributed by atoms with van der Waals surface area (Å²) in [6, 6.07) is 2.61. The van der Waals surface area contributed by atoms with Gasteiger partial charge in [0.15, 0.2) is 0 Å². The second-order valence-corrected chi connectivity index (χ2v) is 6.34. The van der Waals surface area contributed by atoms with Crippen LogP contribution in [0.1, 0.15) is 45.9 Å². The highest BCUT2D eigenvalue weighted by Crippen LogP contribution is 2.35. The van der Waals surface area contributed by atoms with E-state index in [0.717, 1.165) is 0 Å². The van der Waals surface area contributed by atoms with E-state index in [-0.39, 0.29) is 18.0 Å². The topological polar surface area (TPSA) is 77.8 Å². The van der Waals surface area contributed by atoms with Crippen molar-refractivity contribution in [2.24, 2.45) is 5.92 Å². The number of carbonyl (C=O) groups excluding carboxylic acids is 2. The summed E-state index contributed by atoms with van der Waals surface area (Å²) in [5, 5.41) is 3.13. The molecule has 1 N–H and O–H groups in total. The molecule has 1 aromatic rings. The van der Waals surface area contributed by atoms with E-state index < -0.39 is 17.6 Å². The second kappa shape index (κ2) is 6.52. The van der Waals surface area contributed by atoms with Gasteiger partial charge in [0.1, 0.15) is 17.4 Å². The van der Waals surface area contributed by atoms with Crippen LogP contribution in [0.25, 0.3) is 0 Å². The Labute approximate surface area is 130 Å². The molecule has 0 radical (unpaired) electrons. The molecule has 6 nitrogen and oxygen atoms in total. The van der Waals surface area contributed by atoms with Crippen LogP contribution < -0.4 is 5.32 Å². The Morgan fingerprint density at radius 3 is 2.64 bits per heavy atom. The molecule has 22 heavy (non-hydrogen) atoms. The molecule has 1 aliphatic heterocycles. The van der Waals surface area contributed by atoms with Gasteiger partial charge in [0, 0.05) is 0 Å². The third-order valence-corrected chi connectivity index (χ3v) is 3.40. The van der Waals surface area contributed by atoms with Gasteiger partial charge >= 0.3 is 11.9 Å². The number of furan rings is 1. The standard InChI is InChI=1S/C16H23NO5/c1-5-20-15(19)11-9-10(14(18)22-16(2,3)4)13(17-11)12-7-6-8-21-12/h6-8,10-11,13,17H,5,9H2,1-4H3/t10-,11+,13-/m1/s1. The number of ether oxygens (including phenoxy) is 2. The molecule has 2 heterocycles. The Bertz CT molecular complexity index is 517. The normalized spacial score (nSPS) is 25.0. The van der Waals surface area contributed by atoms with E-state index in [2.05, 4.69) is 5.32 Å². The fraction of sp³-hybridized carbons (Fsp3) is 0.625. The maximum absolute atomic E-state index is 12.4. The molecule has 0 unspecified atom stereocenters. The summed E-state index contributed by atoms with van der Waals surface area (Å²) in [6.45, 7) is 7.51. The molecule has 1 fully saturated rings. The summed E-state index contributed by atoms with van der Waals surface area (Å²) >= 11 is 0. The smallest absolute Gasteiger partial charge is 0.323 e. The summed E-state index contributed by atoms with van der Waals surface area (Å²) < 4.78 is 15.9. The average molecular weight is 309 g/mol. The van der Waals surface area contributed by atoms with Crippen molar-refractivity contribution in [1.29, 1.82) is 0 Å². The van der Waals surface area contributed by atoms with Gasteiger partial charge in [-0.25, -0.2) is 0 Å². The largest absolute Gasteiger partial charge is 0.468 e. The van der Waals surface area contributed by atoms with Gasteiger partial charge in [-0.05, 0) is 46.2 Å². The number of hydrogen-bond acceptors (Lipinski definition) is 6. The first kappa shape index (κ1) is 16.5. The Balaban J connectivity index is 2.17. The zero-order chi connectivity index (χ0) is 16.3. The van der Waals surface area contributed by atoms with Crippen molar-refractivity contribution in [3.05, 3.63) is 24.2 Å². The first-order valence-electron chi connectivity index (χ1n) is 7.50. The molecular formula is C16H23NO5. The quantitative estimate of drug-likeness (QED) is 0.859. The fourth-order valence-corrected chi connectivity index (χ4v) is 2.56. The van der Waals surface area contributed by atoms with Crippen LogP contribution in [0.4, 0.5) is 0 Å². The Kier molecular flexibility index (Phi) is 4.90. The van der Waals surface area contributed by atoms with Gasteiger partial charge in [-0.15, -0.1) is 0 Å². The molecule has 0 amide bonds. The molecule has 0 spiro atoms. The lowest BCUT2D eigenvalue weighted by Gasteiger charge is -2.24. The molecule has 0 aliphatic carbocycles. The van der Waals surface area contributed by atoms with Gasteiger partial charge in [-0.3, -0.25) is 14.9 Å². The predicted molar refractivity (Wildman–Crippen MR) is 79.0 cm³/mol. The molecule has 122 valence electrons. The van der Waals surface area contributed by atoms with E-state index in [9.17, 15) is 9.59 Å². The molecule has 6 heteroatoms. The fourth-order valence-electron chi connectivity index (χ4n) is 2.56. The van der Waals surface area contributed by atoms with Crippen molar-refractivity contribution < 1.29 is 23.5 Å². The maximum Gasteiger partial charge on any atom is 0.323 e. The number of nitrogens with one attached hydrogen (secondary N) is 1. The van der Waals surface area contributed by atoms with Crippen molar-refractivity contribution in [3.8, 4) is 0 Å². The van der Waals surface area contributed by atoms with E-state index in [1.165, 1.54) is 0 Å². The summed E-state index contributed by atoms with van der Waals surface area (Å²) in [7, 11) is 0. The van der Waals surface area contributed by atoms with E-state index in [1.807, 2.05) is 20.8 Å². The van der Waals surface area contributed by atoms with Crippen LogP contribution >= 0.6 is 0 Å². The van der Waals surface area contributed by atoms with Crippen molar-refractivity contribution in [2.45, 2.75) is 51.8 Å². The lowest BCUT2D eigenvalue weighted by Crippen LogP contribution is -2.34. The van der Waals surface area contributed by atoms with Crippen LogP contribution in [0.15, 0.2) is 22.8 Å². The van der Waals surface area contributed by atoms with Crippen LogP contribution in [-0.4, -0.2) is 30.2 Å². The van der Waals surface area contributed by atoms with Crippen molar-refractivity contribution in [2.75, 3.05) is 6.61 Å². The molecule has 1 aromatic heterocycles. The van der Waals surface area contributed by atoms with Crippen LogP contribution in [0, 0.1) is 5.92 Å². The molecule has 0 bridgehead atoms. The Hall–Kier alpha value is -1.82. The van der Waals surface area contributed by atoms with Crippen molar-refractivity contribution in [1.82, 2.24) is 5.32 Å². The molecule has 0 saturated carbocycles. The van der Waals surface area contributed by atoms with E-state index in [0.29, 0.717) is 18.8 Å². The minimum absolute atomic E-state index is 0.305. The number of esters is 2. The highest BCUT2D eigenvalue weighted by molar-refractivity contribution is 5.80. The highest BCUT2D eigenvalue weighted by Gasteiger charge is 2.45. The Morgan fingerprint density at radius 2 is 2.09 bits per heavy atom. The maximum atomic E-state index is 12.4. The van der Waals surface area contributed by atoms with E-state index in [4.69, 9.17) is 13.9 Å². The summed E-state index contributed by atoms with van der Waals surface area (Å²) in [5.41, 5.74) is -0.577. The van der Waals surface area contributed by atoms with Crippen LogP contribution in [-0.2, 0) is 19.1 Å². The summed E-state index contributed by atoms with van der Waals surface area (Å²) in [6.07, 6.45) is 1.87. The minimum Gasteiger partial charge on any atom is -0.468 e. The minimum atomic E-state index is -0.577. The second-order valence-electron chi connectivity index (χ2n) is 6.34. The number of carbonyl (C=O) groups is 2. The van der Waals surface area contributed by atoms with Gasteiger partial charge in [0.25, 0.3) is 0 Å². The predicted octanol–water partition coefficient (Wildman–Crippen LogP) is 2.20. The lowest BCUT2D eigenvalue weighted by atomic mass is 9.97. The average Bonchev–Trinajstić information content (AvgIpc) is 3.06. The first-order chi connectivity index (χ1) is 10.3. The Morgan fingerprint density at radius 1 is 1.36 bits per heavy atom. The molecule has 0 aromatic carbocycles. The van der Waals surface area contributed by atoms with Crippen LogP contribution in [0.2, 0.25) is 0 Å². The molecule has 1 aliphatic rings. The third kappa shape index (κ3) is 3.88. The van der Waals surface area contributed by atoms with Crippen LogP contribution in [0.3, 0.4) is 0 Å². The van der Waals surface area contributed by atoms with E-state index >= 15 is 0 Å². The number of hydrogen-bond donors (Lipinski definition) is 1. The van der Waals surface area contributed by atoms with E-state index in [1.54, 1.807) is 25.3 Å². The SMILES string of the molecule is CCOC(=O)[C@@H]1C[C@@H](C(=O)OC(C)(C)C)[C@H](c2ccco2)N1. The van der Waals surface area contributed by atoms with Crippen molar-refractivity contribution >= 4 is 11.9 Å². The number of rotatable bonds is 4. The zero-order valence-electron chi connectivity index (χ0n) is 13.4. The molecule has 2 rings (SSSR count). The van der Waals surface area contributed by atoms with Gasteiger partial charge < -0.3 is 13.9 Å². The highest BCUT2D eigenvalue weighted by atomic mass is 16.6. The van der Waals surface area contributed by atoms with Gasteiger partial charge in [-0.2, -0.15) is 0 Å². The molecule has 1 saturated heterocycles. The lowest BCUT2D eigenvalue weighted by molar-refractivity contribution is -0.160. The van der Waals surface area contributed by atoms with Gasteiger partial charge in [-0.1, -0.05) is 0 Å². The monoisotopic (exact) mass is 309 g/mol. The van der Waals surface area contributed by atoms with Gasteiger partial charge in [0.05, 0.1) is 24.8 Å². The van der Waals surface area contributed by atoms with Crippen molar-refractivity contribution in [3.63, 3.8) is 0 Å². The van der Waals surface area contributed by atoms with Gasteiger partial charge in [0.2, 0.25) is 0 Å². The molecule has 3 atom stereocenters.